The van der Waals surface area contributed by atoms with E-state index in [0.29, 0.717) is 0 Å². The van der Waals surface area contributed by atoms with Gasteiger partial charge in [-0.3, -0.25) is 4.98 Å². The highest BCUT2D eigenvalue weighted by atomic mass is 32.2. The Morgan fingerprint density at radius 3 is 2.33 bits per heavy atom. The van der Waals surface area contributed by atoms with Crippen molar-refractivity contribution in [2.45, 2.75) is 31.0 Å². The van der Waals surface area contributed by atoms with Gasteiger partial charge in [0, 0.05) is 18.4 Å². The number of halogens is 4. The fraction of sp³-hybridized carbons (Fsp3) is 0.294. The largest absolute Gasteiger partial charge is 0.409 e. The van der Waals surface area contributed by atoms with Crippen molar-refractivity contribution in [2.75, 3.05) is 6.54 Å². The van der Waals surface area contributed by atoms with Crippen molar-refractivity contribution < 1.29 is 26.0 Å². The van der Waals surface area contributed by atoms with E-state index in [4.69, 9.17) is 6.57 Å². The third-order valence-corrected chi connectivity index (χ3v) is 5.76. The van der Waals surface area contributed by atoms with Crippen molar-refractivity contribution in [2.24, 2.45) is 0 Å². The summed E-state index contributed by atoms with van der Waals surface area (Å²) in [5, 5.41) is 0. The topological polar surface area (TPSA) is 54.6 Å². The van der Waals surface area contributed by atoms with Crippen molar-refractivity contribution in [3.05, 3.63) is 65.0 Å². The SMILES string of the molecule is [C-]#[N+]c1cc(S(=O)(=O)N(CC)C(c2ccc(F)cc2)C(F)(F)F)cnc1C. The normalized spacial score (nSPS) is 13.4. The average molecular weight is 401 g/mol. The van der Waals surface area contributed by atoms with E-state index in [-0.39, 0.29) is 15.7 Å². The second-order valence-electron chi connectivity index (χ2n) is 5.59. The van der Waals surface area contributed by atoms with Crippen LogP contribution in [0.15, 0.2) is 41.4 Å². The van der Waals surface area contributed by atoms with Gasteiger partial charge in [0.05, 0.1) is 11.5 Å². The molecule has 144 valence electrons. The number of nitrogens with zero attached hydrogens (tertiary/aromatic N) is 3. The van der Waals surface area contributed by atoms with Crippen LogP contribution in [0.5, 0.6) is 0 Å². The lowest BCUT2D eigenvalue weighted by atomic mass is 10.1. The molecule has 1 unspecified atom stereocenters. The quantitative estimate of drug-likeness (QED) is 0.551. The molecule has 0 fully saturated rings. The Bertz CT molecular complexity index is 967. The molecule has 1 heterocycles. The van der Waals surface area contributed by atoms with E-state index in [0.717, 1.165) is 36.5 Å². The zero-order valence-corrected chi connectivity index (χ0v) is 15.1. The monoisotopic (exact) mass is 401 g/mol. The third-order valence-electron chi connectivity index (χ3n) is 3.86. The third kappa shape index (κ3) is 4.26. The molecule has 1 aromatic carbocycles. The molecule has 1 aromatic heterocycles. The molecule has 0 amide bonds. The average Bonchev–Trinajstić information content (AvgIpc) is 2.59. The van der Waals surface area contributed by atoms with Crippen molar-refractivity contribution >= 4 is 15.7 Å². The second kappa shape index (κ2) is 7.62. The zero-order valence-electron chi connectivity index (χ0n) is 14.3. The molecule has 1 atom stereocenters. The Kier molecular flexibility index (Phi) is 5.87. The first-order valence-corrected chi connectivity index (χ1v) is 9.14. The smallest absolute Gasteiger partial charge is 0.272 e. The van der Waals surface area contributed by atoms with Crippen molar-refractivity contribution in [1.29, 1.82) is 0 Å². The lowest BCUT2D eigenvalue weighted by Gasteiger charge is -2.31. The number of benzene rings is 1. The molecule has 0 aliphatic rings. The van der Waals surface area contributed by atoms with Crippen LogP contribution in [0.1, 0.15) is 24.2 Å². The lowest BCUT2D eigenvalue weighted by Crippen LogP contribution is -2.42. The number of sulfonamides is 1. The van der Waals surface area contributed by atoms with Crippen LogP contribution in [0.4, 0.5) is 23.2 Å². The van der Waals surface area contributed by atoms with Gasteiger partial charge >= 0.3 is 6.18 Å². The first-order chi connectivity index (χ1) is 12.5. The molecular formula is C17H15F4N3O2S. The molecule has 5 nitrogen and oxygen atoms in total. The number of hydrogen-bond acceptors (Lipinski definition) is 3. The van der Waals surface area contributed by atoms with Gasteiger partial charge in [-0.25, -0.2) is 17.7 Å². The van der Waals surface area contributed by atoms with E-state index in [9.17, 15) is 26.0 Å². The highest BCUT2D eigenvalue weighted by molar-refractivity contribution is 7.89. The van der Waals surface area contributed by atoms with Gasteiger partial charge < -0.3 is 0 Å². The molecule has 0 bridgehead atoms. The van der Waals surface area contributed by atoms with E-state index >= 15 is 0 Å². The van der Waals surface area contributed by atoms with E-state index in [1.807, 2.05) is 0 Å². The van der Waals surface area contributed by atoms with E-state index < -0.39 is 45.1 Å². The summed E-state index contributed by atoms with van der Waals surface area (Å²) in [5.41, 5.74) is -0.227. The maximum Gasteiger partial charge on any atom is 0.409 e. The maximum absolute atomic E-state index is 13.7. The van der Waals surface area contributed by atoms with E-state index in [1.54, 1.807) is 0 Å². The fourth-order valence-electron chi connectivity index (χ4n) is 2.55. The Morgan fingerprint density at radius 2 is 1.85 bits per heavy atom. The fourth-order valence-corrected chi connectivity index (χ4v) is 4.12. The van der Waals surface area contributed by atoms with Gasteiger partial charge in [0.1, 0.15) is 11.9 Å². The highest BCUT2D eigenvalue weighted by Gasteiger charge is 2.48. The summed E-state index contributed by atoms with van der Waals surface area (Å²) in [4.78, 5) is 6.40. The molecular weight excluding hydrogens is 386 g/mol. The Morgan fingerprint density at radius 1 is 1.26 bits per heavy atom. The number of rotatable bonds is 5. The van der Waals surface area contributed by atoms with Gasteiger partial charge in [0.2, 0.25) is 15.7 Å². The summed E-state index contributed by atoms with van der Waals surface area (Å²) in [6.45, 7) is 9.29. The molecule has 0 saturated carbocycles. The van der Waals surface area contributed by atoms with E-state index in [2.05, 4.69) is 9.83 Å². The summed E-state index contributed by atoms with van der Waals surface area (Å²) in [7, 11) is -4.63. The first-order valence-electron chi connectivity index (χ1n) is 7.70. The van der Waals surface area contributed by atoms with Gasteiger partial charge in [0.15, 0.2) is 0 Å². The van der Waals surface area contributed by atoms with Crippen molar-refractivity contribution in [3.8, 4) is 0 Å². The molecule has 0 radical (unpaired) electrons. The molecule has 0 N–H and O–H groups in total. The maximum atomic E-state index is 13.7. The molecule has 27 heavy (non-hydrogen) atoms. The van der Waals surface area contributed by atoms with Gasteiger partial charge in [-0.15, -0.1) is 0 Å². The first kappa shape index (κ1) is 20.8. The van der Waals surface area contributed by atoms with Crippen LogP contribution < -0.4 is 0 Å². The van der Waals surface area contributed by atoms with Crippen molar-refractivity contribution in [3.63, 3.8) is 0 Å². The molecule has 0 spiro atoms. The Hall–Kier alpha value is -2.51. The van der Waals surface area contributed by atoms with Gasteiger partial charge in [-0.1, -0.05) is 19.1 Å². The number of alkyl halides is 3. The minimum atomic E-state index is -4.94. The molecule has 2 aromatic rings. The van der Waals surface area contributed by atoms with Crippen LogP contribution >= 0.6 is 0 Å². The molecule has 0 saturated heterocycles. The number of hydrogen-bond donors (Lipinski definition) is 0. The number of aryl methyl sites for hydroxylation is 1. The summed E-state index contributed by atoms with van der Waals surface area (Å²) in [6.07, 6.45) is -4.03. The van der Waals surface area contributed by atoms with Crippen LogP contribution in [-0.2, 0) is 10.0 Å². The predicted molar refractivity (Wildman–Crippen MR) is 90.0 cm³/mol. The minimum Gasteiger partial charge on any atom is -0.272 e. The standard InChI is InChI=1S/C17H15F4N3O2S/c1-4-24(16(17(19,20)21)12-5-7-13(18)8-6-12)27(25,26)14-9-15(22-3)11(2)23-10-14/h5-10,16H,4H2,1-2H3. The van der Waals surface area contributed by atoms with Crippen LogP contribution in [0.2, 0.25) is 0 Å². The number of aromatic nitrogens is 1. The number of pyridine rings is 1. The van der Waals surface area contributed by atoms with Crippen molar-refractivity contribution in [1.82, 2.24) is 9.29 Å². The lowest BCUT2D eigenvalue weighted by molar-refractivity contribution is -0.173. The van der Waals surface area contributed by atoms with Gasteiger partial charge in [-0.05, 0) is 30.7 Å². The van der Waals surface area contributed by atoms with Crippen LogP contribution in [0, 0.1) is 19.3 Å². The molecule has 10 heteroatoms. The Balaban J connectivity index is 2.62. The highest BCUT2D eigenvalue weighted by Crippen LogP contribution is 2.40. The van der Waals surface area contributed by atoms with Gasteiger partial charge in [0.25, 0.3) is 0 Å². The molecule has 2 rings (SSSR count). The summed E-state index contributed by atoms with van der Waals surface area (Å²) < 4.78 is 80.3. The second-order valence-corrected chi connectivity index (χ2v) is 7.48. The van der Waals surface area contributed by atoms with E-state index in [1.165, 1.54) is 13.8 Å². The Labute approximate surface area is 154 Å². The van der Waals surface area contributed by atoms with Crippen LogP contribution in [-0.4, -0.2) is 30.4 Å². The van der Waals surface area contributed by atoms with Crippen LogP contribution in [0.3, 0.4) is 0 Å². The van der Waals surface area contributed by atoms with Crippen LogP contribution in [0.25, 0.3) is 4.85 Å². The molecule has 0 aliphatic heterocycles. The summed E-state index contributed by atoms with van der Waals surface area (Å²) in [6, 6.07) is 1.93. The molecule has 0 aliphatic carbocycles. The zero-order chi connectivity index (χ0) is 20.4. The predicted octanol–water partition coefficient (Wildman–Crippen LogP) is 4.39. The summed E-state index contributed by atoms with van der Waals surface area (Å²) >= 11 is 0. The van der Waals surface area contributed by atoms with Gasteiger partial charge in [-0.2, -0.15) is 17.5 Å². The summed E-state index contributed by atoms with van der Waals surface area (Å²) in [5.74, 6) is -0.741. The minimum absolute atomic E-state index is 0.0718.